The van der Waals surface area contributed by atoms with Crippen LogP contribution >= 0.6 is 23.2 Å². The normalized spacial score (nSPS) is 14.8. The largest absolute Gasteiger partial charge is 0.470 e. The Balaban J connectivity index is 1.71. The van der Waals surface area contributed by atoms with Crippen molar-refractivity contribution < 1.29 is 4.74 Å². The van der Waals surface area contributed by atoms with Crippen LogP contribution in [0.3, 0.4) is 0 Å². The third kappa shape index (κ3) is 3.64. The van der Waals surface area contributed by atoms with Gasteiger partial charge in [0.2, 0.25) is 5.88 Å². The summed E-state index contributed by atoms with van der Waals surface area (Å²) in [4.78, 5) is 13.8. The van der Waals surface area contributed by atoms with E-state index < -0.39 is 0 Å². The van der Waals surface area contributed by atoms with Crippen LogP contribution in [-0.2, 0) is 6.54 Å². The van der Waals surface area contributed by atoms with E-state index in [1.807, 2.05) is 54.0 Å². The Morgan fingerprint density at radius 1 is 1.10 bits per heavy atom. The minimum absolute atomic E-state index is 0.167. The number of benzene rings is 2. The number of halogens is 2. The van der Waals surface area contributed by atoms with Gasteiger partial charge in [-0.05, 0) is 62.1 Å². The van der Waals surface area contributed by atoms with Gasteiger partial charge in [0.1, 0.15) is 17.8 Å². The minimum atomic E-state index is -0.167. The van der Waals surface area contributed by atoms with Gasteiger partial charge >= 0.3 is 0 Å². The summed E-state index contributed by atoms with van der Waals surface area (Å²) >= 11 is 12.8. The molecule has 30 heavy (non-hydrogen) atoms. The lowest BCUT2D eigenvalue weighted by molar-refractivity contribution is 0.194. The molecule has 5 nitrogen and oxygen atoms in total. The molecule has 4 aromatic rings. The van der Waals surface area contributed by atoms with Gasteiger partial charge in [-0.15, -0.1) is 0 Å². The van der Waals surface area contributed by atoms with Crippen molar-refractivity contribution in [2.75, 3.05) is 0 Å². The molecule has 0 bridgehead atoms. The van der Waals surface area contributed by atoms with Gasteiger partial charge in [-0.1, -0.05) is 41.4 Å². The smallest absolute Gasteiger partial charge is 0.245 e. The zero-order valence-electron chi connectivity index (χ0n) is 16.7. The third-order valence-corrected chi connectivity index (χ3v) is 5.94. The van der Waals surface area contributed by atoms with Crippen LogP contribution in [0.25, 0.3) is 22.6 Å². The van der Waals surface area contributed by atoms with Gasteiger partial charge in [-0.25, -0.2) is 9.97 Å². The number of rotatable bonds is 5. The van der Waals surface area contributed by atoms with E-state index in [-0.39, 0.29) is 5.60 Å². The topological polar surface area (TPSA) is 52.8 Å². The van der Waals surface area contributed by atoms with Crippen molar-refractivity contribution in [1.29, 1.82) is 0 Å². The molecule has 1 aliphatic carbocycles. The van der Waals surface area contributed by atoms with Gasteiger partial charge in [0.25, 0.3) is 0 Å². The molecular formula is C23H20Cl2N4O. The molecule has 0 aliphatic heterocycles. The third-order valence-electron chi connectivity index (χ3n) is 5.39. The molecule has 2 heterocycles. The average molecular weight is 439 g/mol. The number of nitrogens with zero attached hydrogens (tertiary/aromatic N) is 4. The van der Waals surface area contributed by atoms with E-state index in [1.165, 1.54) is 6.33 Å². The number of hydrogen-bond donors (Lipinski definition) is 0. The number of hydrogen-bond acceptors (Lipinski definition) is 4. The molecule has 5 rings (SSSR count). The minimum Gasteiger partial charge on any atom is -0.470 e. The summed E-state index contributed by atoms with van der Waals surface area (Å²) in [5.74, 6) is 1.23. The molecule has 0 radical (unpaired) electrons. The Labute approximate surface area is 184 Å². The van der Waals surface area contributed by atoms with Crippen molar-refractivity contribution in [3.8, 4) is 17.3 Å². The van der Waals surface area contributed by atoms with Crippen molar-refractivity contribution in [2.24, 2.45) is 0 Å². The van der Waals surface area contributed by atoms with Crippen molar-refractivity contribution in [3.05, 3.63) is 70.0 Å². The summed E-state index contributed by atoms with van der Waals surface area (Å²) in [7, 11) is 0. The van der Waals surface area contributed by atoms with Crippen molar-refractivity contribution in [2.45, 2.75) is 38.8 Å². The fourth-order valence-electron chi connectivity index (χ4n) is 3.48. The standard InChI is InChI=1S/C23H20Cl2N4O/c1-14-6-7-17(18(25)10-14)20-28-19-21(26-13-27-22(19)30-23(2)8-9-23)29(20)12-15-4-3-5-16(24)11-15/h3-7,10-11,13H,8-9,12H2,1-2H3. The Bertz CT molecular complexity index is 1260. The maximum absolute atomic E-state index is 6.61. The molecule has 0 unspecified atom stereocenters. The second-order valence-electron chi connectivity index (χ2n) is 8.04. The number of aryl methyl sites for hydroxylation is 1. The molecule has 0 amide bonds. The summed E-state index contributed by atoms with van der Waals surface area (Å²) < 4.78 is 8.21. The second-order valence-corrected chi connectivity index (χ2v) is 8.88. The highest BCUT2D eigenvalue weighted by atomic mass is 35.5. The molecule has 2 aromatic carbocycles. The molecule has 152 valence electrons. The van der Waals surface area contributed by atoms with Crippen LogP contribution in [-0.4, -0.2) is 25.1 Å². The molecule has 0 saturated heterocycles. The maximum Gasteiger partial charge on any atom is 0.245 e. The molecule has 7 heteroatoms. The average Bonchev–Trinajstić information content (AvgIpc) is 3.31. The van der Waals surface area contributed by atoms with E-state index in [0.29, 0.717) is 33.6 Å². The van der Waals surface area contributed by atoms with E-state index in [9.17, 15) is 0 Å². The number of aromatic nitrogens is 4. The van der Waals surface area contributed by atoms with Crippen LogP contribution in [0.2, 0.25) is 10.0 Å². The Morgan fingerprint density at radius 2 is 1.93 bits per heavy atom. The van der Waals surface area contributed by atoms with E-state index >= 15 is 0 Å². The van der Waals surface area contributed by atoms with Crippen LogP contribution in [0.5, 0.6) is 5.88 Å². The zero-order chi connectivity index (χ0) is 20.9. The lowest BCUT2D eigenvalue weighted by Crippen LogP contribution is -2.13. The first-order valence-electron chi connectivity index (χ1n) is 9.83. The zero-order valence-corrected chi connectivity index (χ0v) is 18.2. The van der Waals surface area contributed by atoms with Crippen LogP contribution in [0.1, 0.15) is 30.9 Å². The summed E-state index contributed by atoms with van der Waals surface area (Å²) in [5.41, 5.74) is 4.15. The van der Waals surface area contributed by atoms with Crippen molar-refractivity contribution in [3.63, 3.8) is 0 Å². The predicted octanol–water partition coefficient (Wildman–Crippen LogP) is 6.09. The Hall–Kier alpha value is -2.63. The highest BCUT2D eigenvalue weighted by molar-refractivity contribution is 6.33. The van der Waals surface area contributed by atoms with Crippen LogP contribution in [0.15, 0.2) is 48.8 Å². The van der Waals surface area contributed by atoms with Gasteiger partial charge in [0, 0.05) is 10.6 Å². The highest BCUT2D eigenvalue weighted by Crippen LogP contribution is 2.41. The quantitative estimate of drug-likeness (QED) is 0.378. The molecule has 0 spiro atoms. The van der Waals surface area contributed by atoms with E-state index in [2.05, 4.69) is 16.9 Å². The fourth-order valence-corrected chi connectivity index (χ4v) is 4.01. The summed E-state index contributed by atoms with van der Waals surface area (Å²) in [6.07, 6.45) is 3.55. The van der Waals surface area contributed by atoms with Gasteiger partial charge in [-0.2, -0.15) is 4.98 Å². The lowest BCUT2D eigenvalue weighted by atomic mass is 10.1. The van der Waals surface area contributed by atoms with Crippen molar-refractivity contribution >= 4 is 34.4 Å². The van der Waals surface area contributed by atoms with Crippen LogP contribution in [0.4, 0.5) is 0 Å². The highest BCUT2D eigenvalue weighted by Gasteiger charge is 2.41. The van der Waals surface area contributed by atoms with E-state index in [4.69, 9.17) is 32.9 Å². The Kier molecular flexibility index (Phi) is 4.68. The summed E-state index contributed by atoms with van der Waals surface area (Å²) in [5, 5.41) is 1.33. The van der Waals surface area contributed by atoms with E-state index in [0.717, 1.165) is 35.4 Å². The van der Waals surface area contributed by atoms with E-state index in [1.54, 1.807) is 0 Å². The molecule has 0 atom stereocenters. The first-order chi connectivity index (χ1) is 14.4. The molecular weight excluding hydrogens is 419 g/mol. The van der Waals surface area contributed by atoms with Gasteiger partial charge in [0.15, 0.2) is 11.2 Å². The summed E-state index contributed by atoms with van der Waals surface area (Å²) in [6, 6.07) is 13.7. The number of fused-ring (bicyclic) bond motifs is 1. The second kappa shape index (κ2) is 7.25. The molecule has 1 aliphatic rings. The first-order valence-corrected chi connectivity index (χ1v) is 10.6. The van der Waals surface area contributed by atoms with Crippen molar-refractivity contribution in [1.82, 2.24) is 19.5 Å². The number of imidazole rings is 1. The first kappa shape index (κ1) is 19.3. The maximum atomic E-state index is 6.61. The fraction of sp³-hybridized carbons (Fsp3) is 0.261. The van der Waals surface area contributed by atoms with Crippen LogP contribution in [0, 0.1) is 6.92 Å². The lowest BCUT2D eigenvalue weighted by Gasteiger charge is -2.12. The Morgan fingerprint density at radius 3 is 2.67 bits per heavy atom. The number of ether oxygens (including phenoxy) is 1. The molecule has 1 fully saturated rings. The summed E-state index contributed by atoms with van der Waals surface area (Å²) in [6.45, 7) is 4.64. The predicted molar refractivity (Wildman–Crippen MR) is 119 cm³/mol. The van der Waals surface area contributed by atoms with Gasteiger partial charge in [-0.3, -0.25) is 0 Å². The van der Waals surface area contributed by atoms with Crippen LogP contribution < -0.4 is 4.74 Å². The molecule has 0 N–H and O–H groups in total. The SMILES string of the molecule is Cc1ccc(-c2nc3c(OC4(C)CC4)ncnc3n2Cc2cccc(Cl)c2)c(Cl)c1. The van der Waals surface area contributed by atoms with Gasteiger partial charge in [0.05, 0.1) is 11.6 Å². The monoisotopic (exact) mass is 438 g/mol. The van der Waals surface area contributed by atoms with Gasteiger partial charge < -0.3 is 9.30 Å². The molecule has 1 saturated carbocycles. The molecule has 2 aromatic heterocycles.